The van der Waals surface area contributed by atoms with Crippen LogP contribution in [0.1, 0.15) is 50.4 Å². The van der Waals surface area contributed by atoms with Gasteiger partial charge in [-0.1, -0.05) is 84.9 Å². The number of rotatable bonds is 3. The van der Waals surface area contributed by atoms with Crippen molar-refractivity contribution < 1.29 is 0 Å². The summed E-state index contributed by atoms with van der Waals surface area (Å²) in [6.07, 6.45) is 4.49. The monoisotopic (exact) mass is 387 g/mol. The van der Waals surface area contributed by atoms with E-state index in [1.54, 1.807) is 0 Å². The smallest absolute Gasteiger partial charge is 0.0696 e. The summed E-state index contributed by atoms with van der Waals surface area (Å²) < 4.78 is 0. The molecule has 30 heavy (non-hydrogen) atoms. The Bertz CT molecular complexity index is 1340. The zero-order valence-corrected chi connectivity index (χ0v) is 17.7. The normalized spacial score (nSPS) is 14.8. The van der Waals surface area contributed by atoms with Gasteiger partial charge in [0, 0.05) is 17.0 Å². The summed E-state index contributed by atoms with van der Waals surface area (Å²) in [5.74, 6) is 0.174. The van der Waals surface area contributed by atoms with Gasteiger partial charge >= 0.3 is 0 Å². The van der Waals surface area contributed by atoms with Crippen LogP contribution in [0.4, 0.5) is 0 Å². The zero-order chi connectivity index (χ0) is 20.8. The van der Waals surface area contributed by atoms with Gasteiger partial charge in [-0.05, 0) is 64.9 Å². The first-order chi connectivity index (χ1) is 14.6. The first-order valence-corrected chi connectivity index (χ1v) is 10.5. The van der Waals surface area contributed by atoms with Gasteiger partial charge in [-0.25, -0.2) is 0 Å². The van der Waals surface area contributed by atoms with Crippen LogP contribution in [0.5, 0.6) is 0 Å². The Morgan fingerprint density at radius 1 is 0.733 bits per heavy atom. The molecule has 1 unspecified atom stereocenters. The second kappa shape index (κ2) is 7.11. The van der Waals surface area contributed by atoms with Crippen LogP contribution >= 0.6 is 0 Å². The highest BCUT2D eigenvalue weighted by Gasteiger charge is 2.25. The molecule has 1 N–H and O–H groups in total. The molecule has 0 spiro atoms. The average molecular weight is 388 g/mol. The maximum absolute atomic E-state index is 9.33. The van der Waals surface area contributed by atoms with Gasteiger partial charge in [0.2, 0.25) is 0 Å². The molecule has 4 aromatic carbocycles. The Balaban J connectivity index is 1.77. The maximum atomic E-state index is 9.33. The Morgan fingerprint density at radius 3 is 2.37 bits per heavy atom. The molecule has 1 aliphatic carbocycles. The molecule has 146 valence electrons. The van der Waals surface area contributed by atoms with Crippen LogP contribution in [0.3, 0.4) is 0 Å². The van der Waals surface area contributed by atoms with Gasteiger partial charge in [0.15, 0.2) is 0 Å². The molecule has 1 aliphatic rings. The Hall–Kier alpha value is -3.45. The SMILES string of the molecule is Cc1ccc(C(=N)c2c(C3C=Cc4ccccc43)ccc3ccccc23)c(C)c1C. The quantitative estimate of drug-likeness (QED) is 0.356. The first kappa shape index (κ1) is 18.6. The summed E-state index contributed by atoms with van der Waals surface area (Å²) in [5, 5.41) is 11.7. The fourth-order valence-electron chi connectivity index (χ4n) is 4.71. The van der Waals surface area contributed by atoms with E-state index in [0.29, 0.717) is 5.71 Å². The van der Waals surface area contributed by atoms with Crippen LogP contribution in [0, 0.1) is 26.2 Å². The molecule has 0 heterocycles. The molecule has 0 aromatic heterocycles. The topological polar surface area (TPSA) is 23.9 Å². The molecular weight excluding hydrogens is 362 g/mol. The Labute approximate surface area is 178 Å². The zero-order valence-electron chi connectivity index (χ0n) is 17.7. The molecule has 1 atom stereocenters. The van der Waals surface area contributed by atoms with Gasteiger partial charge in [0.1, 0.15) is 0 Å². The van der Waals surface area contributed by atoms with Crippen molar-refractivity contribution in [2.75, 3.05) is 0 Å². The third-order valence-corrected chi connectivity index (χ3v) is 6.67. The third-order valence-electron chi connectivity index (χ3n) is 6.67. The molecule has 4 aromatic rings. The van der Waals surface area contributed by atoms with Gasteiger partial charge in [-0.2, -0.15) is 0 Å². The van der Waals surface area contributed by atoms with Crippen LogP contribution in [0.15, 0.2) is 78.9 Å². The number of hydrogen-bond acceptors (Lipinski definition) is 1. The number of nitrogens with one attached hydrogen (secondary N) is 1. The largest absolute Gasteiger partial charge is 0.300 e. The van der Waals surface area contributed by atoms with Crippen molar-refractivity contribution in [3.63, 3.8) is 0 Å². The van der Waals surface area contributed by atoms with Crippen molar-refractivity contribution in [1.29, 1.82) is 5.41 Å². The van der Waals surface area contributed by atoms with E-state index in [-0.39, 0.29) is 5.92 Å². The molecule has 1 nitrogen and oxygen atoms in total. The number of hydrogen-bond donors (Lipinski definition) is 1. The van der Waals surface area contributed by atoms with Crippen molar-refractivity contribution in [3.8, 4) is 0 Å². The minimum absolute atomic E-state index is 0.174. The fraction of sp³-hybridized carbons (Fsp3) is 0.138. The lowest BCUT2D eigenvalue weighted by molar-refractivity contribution is 1.05. The van der Waals surface area contributed by atoms with E-state index in [0.717, 1.165) is 16.5 Å². The number of benzene rings is 4. The van der Waals surface area contributed by atoms with E-state index in [4.69, 9.17) is 0 Å². The van der Waals surface area contributed by atoms with Gasteiger partial charge in [0.25, 0.3) is 0 Å². The van der Waals surface area contributed by atoms with Crippen molar-refractivity contribution in [3.05, 3.63) is 123 Å². The van der Waals surface area contributed by atoms with Gasteiger partial charge < -0.3 is 0 Å². The summed E-state index contributed by atoms with van der Waals surface area (Å²) in [5.41, 5.74) is 10.2. The molecule has 0 amide bonds. The number of allylic oxidation sites excluding steroid dienone is 1. The summed E-state index contributed by atoms with van der Waals surface area (Å²) >= 11 is 0. The van der Waals surface area contributed by atoms with Crippen LogP contribution < -0.4 is 0 Å². The first-order valence-electron chi connectivity index (χ1n) is 10.5. The highest BCUT2D eigenvalue weighted by molar-refractivity contribution is 6.19. The van der Waals surface area contributed by atoms with Crippen LogP contribution in [-0.2, 0) is 0 Å². The lowest BCUT2D eigenvalue weighted by atomic mass is 9.82. The van der Waals surface area contributed by atoms with Crippen LogP contribution in [-0.4, -0.2) is 5.71 Å². The van der Waals surface area contributed by atoms with Crippen LogP contribution in [0.25, 0.3) is 16.8 Å². The van der Waals surface area contributed by atoms with Gasteiger partial charge in [-0.3, -0.25) is 5.41 Å². The average Bonchev–Trinajstić information content (AvgIpc) is 3.20. The maximum Gasteiger partial charge on any atom is 0.0696 e. The minimum Gasteiger partial charge on any atom is -0.300 e. The fourth-order valence-corrected chi connectivity index (χ4v) is 4.71. The van der Waals surface area contributed by atoms with E-state index in [1.807, 2.05) is 0 Å². The van der Waals surface area contributed by atoms with Crippen molar-refractivity contribution in [1.82, 2.24) is 0 Å². The van der Waals surface area contributed by atoms with Crippen LogP contribution in [0.2, 0.25) is 0 Å². The highest BCUT2D eigenvalue weighted by atomic mass is 14.4. The standard InChI is InChI=1S/C29H25N/c1-18-12-15-23(20(3)19(18)2)29(30)28-25-11-7-5-9-22(25)14-17-27(28)26-16-13-21-8-4-6-10-24(21)26/h4-17,26,30H,1-3H3. The predicted octanol–water partition coefficient (Wildman–Crippen LogP) is 7.34. The second-order valence-corrected chi connectivity index (χ2v) is 8.27. The minimum atomic E-state index is 0.174. The van der Waals surface area contributed by atoms with Gasteiger partial charge in [0.05, 0.1) is 5.71 Å². The third kappa shape index (κ3) is 2.81. The molecular formula is C29H25N. The number of fused-ring (bicyclic) bond motifs is 2. The van der Waals surface area contributed by atoms with E-state index < -0.39 is 0 Å². The van der Waals surface area contributed by atoms with Gasteiger partial charge in [-0.15, -0.1) is 0 Å². The Morgan fingerprint density at radius 2 is 1.50 bits per heavy atom. The van der Waals surface area contributed by atoms with Crippen molar-refractivity contribution >= 4 is 22.6 Å². The molecule has 0 saturated carbocycles. The lowest BCUT2D eigenvalue weighted by Crippen LogP contribution is -2.11. The summed E-state index contributed by atoms with van der Waals surface area (Å²) in [6.45, 7) is 6.43. The van der Waals surface area contributed by atoms with Crippen molar-refractivity contribution in [2.45, 2.75) is 26.7 Å². The van der Waals surface area contributed by atoms with E-state index in [2.05, 4.69) is 106 Å². The second-order valence-electron chi connectivity index (χ2n) is 8.27. The van der Waals surface area contributed by atoms with E-state index >= 15 is 0 Å². The number of aryl methyl sites for hydroxylation is 1. The predicted molar refractivity (Wildman–Crippen MR) is 128 cm³/mol. The van der Waals surface area contributed by atoms with E-state index in [1.165, 1.54) is 38.8 Å². The Kier molecular flexibility index (Phi) is 4.40. The lowest BCUT2D eigenvalue weighted by Gasteiger charge is -2.21. The summed E-state index contributed by atoms with van der Waals surface area (Å²) in [6, 6.07) is 25.7. The molecule has 0 bridgehead atoms. The summed E-state index contributed by atoms with van der Waals surface area (Å²) in [4.78, 5) is 0. The molecule has 0 saturated heterocycles. The molecule has 0 aliphatic heterocycles. The van der Waals surface area contributed by atoms with Crippen molar-refractivity contribution in [2.24, 2.45) is 0 Å². The molecule has 0 radical (unpaired) electrons. The molecule has 1 heteroatoms. The van der Waals surface area contributed by atoms with E-state index in [9.17, 15) is 5.41 Å². The molecule has 0 fully saturated rings. The summed E-state index contributed by atoms with van der Waals surface area (Å²) in [7, 11) is 0. The highest BCUT2D eigenvalue weighted by Crippen LogP contribution is 2.39. The molecule has 5 rings (SSSR count).